The third-order valence-electron chi connectivity index (χ3n) is 1.65. The van der Waals surface area contributed by atoms with Gasteiger partial charge in [0.15, 0.2) is 0 Å². The summed E-state index contributed by atoms with van der Waals surface area (Å²) in [6.45, 7) is 6.85. The van der Waals surface area contributed by atoms with Crippen LogP contribution >= 0.6 is 0 Å². The molecule has 10 heavy (non-hydrogen) atoms. The van der Waals surface area contributed by atoms with Gasteiger partial charge in [-0.1, -0.05) is 0 Å². The van der Waals surface area contributed by atoms with Gasteiger partial charge in [0.05, 0.1) is 0 Å². The minimum atomic E-state index is 0.643. The van der Waals surface area contributed by atoms with E-state index in [0.29, 0.717) is 5.96 Å². The van der Waals surface area contributed by atoms with Gasteiger partial charge in [-0.2, -0.15) is 0 Å². The van der Waals surface area contributed by atoms with Gasteiger partial charge in [-0.3, -0.25) is 5.01 Å². The summed E-state index contributed by atoms with van der Waals surface area (Å²) in [5.41, 5.74) is 5.59. The van der Waals surface area contributed by atoms with Gasteiger partial charge < -0.3 is 10.6 Å². The van der Waals surface area contributed by atoms with Crippen LogP contribution in [-0.4, -0.2) is 35.6 Å². The second-order valence-corrected chi connectivity index (χ2v) is 2.28. The van der Waals surface area contributed by atoms with Gasteiger partial charge in [0, 0.05) is 13.1 Å². The summed E-state index contributed by atoms with van der Waals surface area (Å²) in [7, 11) is 0. The first-order valence-electron chi connectivity index (χ1n) is 3.62. The summed E-state index contributed by atoms with van der Waals surface area (Å²) < 4.78 is 0. The molecular weight excluding hydrogens is 128 g/mol. The quantitative estimate of drug-likeness (QED) is 0.582. The molecule has 0 aromatic rings. The lowest BCUT2D eigenvalue weighted by Crippen LogP contribution is -2.34. The average molecular weight is 142 g/mol. The van der Waals surface area contributed by atoms with Gasteiger partial charge >= 0.3 is 0 Å². The Morgan fingerprint density at radius 2 is 2.20 bits per heavy atom. The van der Waals surface area contributed by atoms with Crippen molar-refractivity contribution in [2.24, 2.45) is 10.8 Å². The van der Waals surface area contributed by atoms with Crippen LogP contribution < -0.4 is 5.73 Å². The molecule has 0 aromatic heterocycles. The van der Waals surface area contributed by atoms with Gasteiger partial charge in [-0.15, -0.1) is 5.10 Å². The summed E-state index contributed by atoms with van der Waals surface area (Å²) in [6.07, 6.45) is 0. The van der Waals surface area contributed by atoms with Crippen molar-refractivity contribution in [3.8, 4) is 0 Å². The van der Waals surface area contributed by atoms with Crippen molar-refractivity contribution >= 4 is 5.96 Å². The Hall–Kier alpha value is -0.930. The van der Waals surface area contributed by atoms with E-state index >= 15 is 0 Å². The van der Waals surface area contributed by atoms with E-state index in [0.717, 1.165) is 19.8 Å². The number of guanidine groups is 1. The van der Waals surface area contributed by atoms with E-state index in [1.165, 1.54) is 0 Å². The van der Waals surface area contributed by atoms with E-state index in [9.17, 15) is 0 Å². The Morgan fingerprint density at radius 3 is 2.50 bits per heavy atom. The van der Waals surface area contributed by atoms with Gasteiger partial charge in [-0.05, 0) is 13.8 Å². The van der Waals surface area contributed by atoms with Crippen LogP contribution in [0.1, 0.15) is 13.8 Å². The minimum absolute atomic E-state index is 0.643. The SMILES string of the molecule is CCN1CN(CC)C(N)=N1. The van der Waals surface area contributed by atoms with Crippen LogP contribution in [0.3, 0.4) is 0 Å². The number of rotatable bonds is 2. The van der Waals surface area contributed by atoms with Crippen molar-refractivity contribution < 1.29 is 0 Å². The van der Waals surface area contributed by atoms with Crippen LogP contribution in [0.4, 0.5) is 0 Å². The molecule has 1 heterocycles. The van der Waals surface area contributed by atoms with Crippen LogP contribution in [0.15, 0.2) is 5.10 Å². The summed E-state index contributed by atoms with van der Waals surface area (Å²) in [6, 6.07) is 0. The molecule has 0 fully saturated rings. The smallest absolute Gasteiger partial charge is 0.215 e. The topological polar surface area (TPSA) is 44.9 Å². The maximum absolute atomic E-state index is 5.59. The molecule has 4 nitrogen and oxygen atoms in total. The predicted octanol–water partition coefficient (Wildman–Crippen LogP) is -0.169. The number of nitrogens with zero attached hydrogens (tertiary/aromatic N) is 3. The molecule has 0 unspecified atom stereocenters. The molecule has 58 valence electrons. The average Bonchev–Trinajstić information content (AvgIpc) is 2.30. The maximum atomic E-state index is 5.59. The first kappa shape index (κ1) is 7.18. The zero-order valence-corrected chi connectivity index (χ0v) is 6.54. The highest BCUT2D eigenvalue weighted by Crippen LogP contribution is 2.02. The van der Waals surface area contributed by atoms with Gasteiger partial charge in [-0.25, -0.2) is 0 Å². The Morgan fingerprint density at radius 1 is 1.50 bits per heavy atom. The largest absolute Gasteiger partial charge is 0.368 e. The van der Waals surface area contributed by atoms with Crippen LogP contribution in [0.5, 0.6) is 0 Å². The van der Waals surface area contributed by atoms with E-state index in [1.54, 1.807) is 0 Å². The van der Waals surface area contributed by atoms with E-state index in [2.05, 4.69) is 18.9 Å². The Kier molecular flexibility index (Phi) is 1.99. The van der Waals surface area contributed by atoms with Crippen molar-refractivity contribution in [2.75, 3.05) is 19.8 Å². The number of hydrazone groups is 1. The van der Waals surface area contributed by atoms with E-state index in [4.69, 9.17) is 5.73 Å². The summed E-state index contributed by atoms with van der Waals surface area (Å²) in [5.74, 6) is 0.643. The summed E-state index contributed by atoms with van der Waals surface area (Å²) in [5, 5.41) is 6.06. The molecule has 1 aliphatic rings. The fraction of sp³-hybridized carbons (Fsp3) is 0.833. The lowest BCUT2D eigenvalue weighted by atomic mass is 10.6. The van der Waals surface area contributed by atoms with Crippen LogP contribution in [-0.2, 0) is 0 Å². The maximum Gasteiger partial charge on any atom is 0.215 e. The van der Waals surface area contributed by atoms with Gasteiger partial charge in [0.25, 0.3) is 0 Å². The molecule has 1 rings (SSSR count). The van der Waals surface area contributed by atoms with Gasteiger partial charge in [0.1, 0.15) is 6.67 Å². The second-order valence-electron chi connectivity index (χ2n) is 2.28. The molecule has 0 atom stereocenters. The van der Waals surface area contributed by atoms with Crippen LogP contribution in [0, 0.1) is 0 Å². The molecule has 0 spiro atoms. The standard InChI is InChI=1S/C6H14N4/c1-3-9-5-10(4-2)8-6(9)7/h3-5H2,1-2H3,(H2,7,8). The molecule has 0 aliphatic carbocycles. The predicted molar refractivity (Wildman–Crippen MR) is 41.2 cm³/mol. The molecule has 0 saturated carbocycles. The second kappa shape index (κ2) is 2.77. The molecule has 0 radical (unpaired) electrons. The van der Waals surface area contributed by atoms with Crippen molar-refractivity contribution in [1.29, 1.82) is 0 Å². The molecule has 1 aliphatic heterocycles. The fourth-order valence-electron chi connectivity index (χ4n) is 0.942. The Bertz CT molecular complexity index is 143. The van der Waals surface area contributed by atoms with Crippen LogP contribution in [0.2, 0.25) is 0 Å². The summed E-state index contributed by atoms with van der Waals surface area (Å²) >= 11 is 0. The fourth-order valence-corrected chi connectivity index (χ4v) is 0.942. The minimum Gasteiger partial charge on any atom is -0.368 e. The molecule has 4 heteroatoms. The highest BCUT2D eigenvalue weighted by atomic mass is 15.6. The molecule has 0 amide bonds. The normalized spacial score (nSPS) is 18.0. The summed E-state index contributed by atoms with van der Waals surface area (Å²) in [4.78, 5) is 2.03. The first-order chi connectivity index (χ1) is 4.77. The van der Waals surface area contributed by atoms with E-state index < -0.39 is 0 Å². The molecule has 0 bridgehead atoms. The van der Waals surface area contributed by atoms with Crippen molar-refractivity contribution in [1.82, 2.24) is 9.91 Å². The first-order valence-corrected chi connectivity index (χ1v) is 3.62. The number of nitrogens with two attached hydrogens (primary N) is 1. The Balaban J connectivity index is 2.50. The van der Waals surface area contributed by atoms with Crippen molar-refractivity contribution in [2.45, 2.75) is 13.8 Å². The van der Waals surface area contributed by atoms with Crippen molar-refractivity contribution in [3.05, 3.63) is 0 Å². The highest BCUT2D eigenvalue weighted by Gasteiger charge is 2.16. The Labute approximate surface area is 61.3 Å². The number of hydrogen-bond acceptors (Lipinski definition) is 4. The molecule has 0 saturated heterocycles. The lowest BCUT2D eigenvalue weighted by molar-refractivity contribution is 0.249. The number of hydrogen-bond donors (Lipinski definition) is 1. The van der Waals surface area contributed by atoms with Crippen LogP contribution in [0.25, 0.3) is 0 Å². The van der Waals surface area contributed by atoms with E-state index in [1.807, 2.05) is 9.91 Å². The third kappa shape index (κ3) is 1.15. The highest BCUT2D eigenvalue weighted by molar-refractivity contribution is 5.78. The van der Waals surface area contributed by atoms with E-state index in [-0.39, 0.29) is 0 Å². The monoisotopic (exact) mass is 142 g/mol. The zero-order valence-electron chi connectivity index (χ0n) is 6.54. The van der Waals surface area contributed by atoms with Gasteiger partial charge in [0.2, 0.25) is 5.96 Å². The molecular formula is C6H14N4. The zero-order chi connectivity index (χ0) is 7.56. The molecule has 0 aromatic carbocycles. The molecule has 2 N–H and O–H groups in total. The lowest BCUT2D eigenvalue weighted by Gasteiger charge is -2.16. The third-order valence-corrected chi connectivity index (χ3v) is 1.65. The van der Waals surface area contributed by atoms with Crippen molar-refractivity contribution in [3.63, 3.8) is 0 Å².